The summed E-state index contributed by atoms with van der Waals surface area (Å²) in [4.78, 5) is 12.0. The van der Waals surface area contributed by atoms with Crippen molar-refractivity contribution in [2.45, 2.75) is 65.2 Å². The van der Waals surface area contributed by atoms with Crippen LogP contribution in [0.2, 0.25) is 0 Å². The van der Waals surface area contributed by atoms with Gasteiger partial charge in [-0.05, 0) is 88.0 Å². The number of carbonyl (C=O) groups is 1. The van der Waals surface area contributed by atoms with E-state index in [1.165, 1.54) is 38.5 Å². The molecule has 5 rings (SSSR count). The van der Waals surface area contributed by atoms with E-state index in [0.717, 1.165) is 41.3 Å². The number of aryl methyl sites for hydroxylation is 1. The second-order valence-electron chi connectivity index (χ2n) is 8.70. The van der Waals surface area contributed by atoms with Gasteiger partial charge in [-0.3, -0.25) is 9.89 Å². The van der Waals surface area contributed by atoms with Crippen molar-refractivity contribution in [3.8, 4) is 0 Å². The van der Waals surface area contributed by atoms with Gasteiger partial charge in [0.2, 0.25) is 5.91 Å². The summed E-state index contributed by atoms with van der Waals surface area (Å²) in [6.07, 6.45) is 9.88. The van der Waals surface area contributed by atoms with Gasteiger partial charge in [0.1, 0.15) is 0 Å². The maximum Gasteiger partial charge on any atom is 0.246 e. The summed E-state index contributed by atoms with van der Waals surface area (Å²) < 4.78 is 0. The molecule has 4 saturated carbocycles. The number of aromatic amines is 1. The fourth-order valence-corrected chi connectivity index (χ4v) is 6.02. The Morgan fingerprint density at radius 1 is 1.29 bits per heavy atom. The third-order valence-corrected chi connectivity index (χ3v) is 6.27. The molecule has 2 N–H and O–H groups in total. The van der Waals surface area contributed by atoms with Crippen molar-refractivity contribution in [1.82, 2.24) is 15.6 Å². The fraction of sp³-hybridized carbons (Fsp3) is 0.737. The van der Waals surface area contributed by atoms with Gasteiger partial charge in [0.15, 0.2) is 0 Å². The van der Waals surface area contributed by atoms with Crippen LogP contribution >= 0.6 is 0 Å². The number of hydrazone groups is 1. The monoisotopic (exact) mass is 328 g/mol. The summed E-state index contributed by atoms with van der Waals surface area (Å²) in [5.74, 6) is 2.79. The van der Waals surface area contributed by atoms with Gasteiger partial charge in [0.25, 0.3) is 0 Å². The first-order valence-corrected chi connectivity index (χ1v) is 9.33. The van der Waals surface area contributed by atoms with Crippen LogP contribution in [-0.2, 0) is 11.2 Å². The van der Waals surface area contributed by atoms with E-state index in [4.69, 9.17) is 0 Å². The molecule has 0 atom stereocenters. The van der Waals surface area contributed by atoms with E-state index in [9.17, 15) is 4.79 Å². The number of amides is 1. The summed E-state index contributed by atoms with van der Waals surface area (Å²) in [5, 5.41) is 11.3. The first-order chi connectivity index (χ1) is 11.5. The summed E-state index contributed by atoms with van der Waals surface area (Å²) in [5.41, 5.74) is 6.00. The van der Waals surface area contributed by atoms with Crippen LogP contribution in [0.15, 0.2) is 11.2 Å². The Bertz CT molecular complexity index is 625. The van der Waals surface area contributed by atoms with Crippen LogP contribution in [0.3, 0.4) is 0 Å². The highest BCUT2D eigenvalue weighted by Gasteiger charge is 2.50. The van der Waals surface area contributed by atoms with Crippen LogP contribution in [0.4, 0.5) is 0 Å². The molecule has 4 bridgehead atoms. The summed E-state index contributed by atoms with van der Waals surface area (Å²) in [6, 6.07) is 1.89. The maximum absolute atomic E-state index is 12.0. The number of carbonyl (C=O) groups excluding carboxylic acids is 1. The van der Waals surface area contributed by atoms with E-state index in [0.29, 0.717) is 5.41 Å². The van der Waals surface area contributed by atoms with Gasteiger partial charge in [-0.25, -0.2) is 5.43 Å². The third-order valence-electron chi connectivity index (χ3n) is 6.27. The Morgan fingerprint density at radius 2 is 1.92 bits per heavy atom. The number of nitrogens with one attached hydrogen (secondary N) is 2. The zero-order valence-electron chi connectivity index (χ0n) is 14.8. The fourth-order valence-electron chi connectivity index (χ4n) is 6.02. The molecule has 1 aromatic heterocycles. The lowest BCUT2D eigenvalue weighted by molar-refractivity contribution is -0.120. The van der Waals surface area contributed by atoms with Gasteiger partial charge in [0.05, 0.1) is 12.1 Å². The number of nitrogens with zero attached hydrogens (tertiary/aromatic N) is 2. The van der Waals surface area contributed by atoms with Crippen LogP contribution in [0.25, 0.3) is 0 Å². The molecular weight excluding hydrogens is 300 g/mol. The number of aromatic nitrogens is 2. The Balaban J connectivity index is 1.33. The highest BCUT2D eigenvalue weighted by atomic mass is 16.2. The molecule has 4 fully saturated rings. The first-order valence-electron chi connectivity index (χ1n) is 9.33. The second kappa shape index (κ2) is 6.01. The van der Waals surface area contributed by atoms with Gasteiger partial charge in [-0.2, -0.15) is 10.2 Å². The van der Waals surface area contributed by atoms with Crippen molar-refractivity contribution in [2.75, 3.05) is 0 Å². The predicted octanol–water partition coefficient (Wildman–Crippen LogP) is 3.36. The Hall–Kier alpha value is -1.65. The van der Waals surface area contributed by atoms with E-state index >= 15 is 0 Å². The molecule has 0 radical (unpaired) electrons. The maximum atomic E-state index is 12.0. The minimum absolute atomic E-state index is 0.0913. The molecule has 1 heterocycles. The smallest absolute Gasteiger partial charge is 0.246 e. The SMILES string of the molecule is C/C(CC12CC3CC(CC(C3)C1)C2)=N\NC(=O)Cc1cc(C)[nH]n1. The molecule has 4 aliphatic carbocycles. The van der Waals surface area contributed by atoms with E-state index in [1.54, 1.807) is 0 Å². The van der Waals surface area contributed by atoms with Crippen LogP contribution < -0.4 is 5.43 Å². The molecule has 24 heavy (non-hydrogen) atoms. The van der Waals surface area contributed by atoms with E-state index in [-0.39, 0.29) is 12.3 Å². The van der Waals surface area contributed by atoms with Gasteiger partial charge in [-0.1, -0.05) is 0 Å². The topological polar surface area (TPSA) is 70.1 Å². The molecule has 0 aromatic carbocycles. The van der Waals surface area contributed by atoms with Crippen molar-refractivity contribution in [3.63, 3.8) is 0 Å². The van der Waals surface area contributed by atoms with Crippen LogP contribution in [0.5, 0.6) is 0 Å². The van der Waals surface area contributed by atoms with Gasteiger partial charge >= 0.3 is 0 Å². The average Bonchev–Trinajstić information content (AvgIpc) is 2.88. The van der Waals surface area contributed by atoms with Crippen molar-refractivity contribution < 1.29 is 4.79 Å². The van der Waals surface area contributed by atoms with Crippen LogP contribution in [0, 0.1) is 30.1 Å². The van der Waals surface area contributed by atoms with Crippen molar-refractivity contribution in [1.29, 1.82) is 0 Å². The lowest BCUT2D eigenvalue weighted by Crippen LogP contribution is -2.46. The van der Waals surface area contributed by atoms with E-state index < -0.39 is 0 Å². The summed E-state index contributed by atoms with van der Waals surface area (Å²) in [7, 11) is 0. The normalized spacial score (nSPS) is 34.6. The third kappa shape index (κ3) is 3.26. The molecule has 5 nitrogen and oxygen atoms in total. The second-order valence-corrected chi connectivity index (χ2v) is 8.70. The lowest BCUT2D eigenvalue weighted by atomic mass is 9.48. The van der Waals surface area contributed by atoms with Gasteiger partial charge in [-0.15, -0.1) is 0 Å². The lowest BCUT2D eigenvalue weighted by Gasteiger charge is -2.57. The summed E-state index contributed by atoms with van der Waals surface area (Å²) >= 11 is 0. The minimum Gasteiger partial charge on any atom is -0.283 e. The number of hydrogen-bond acceptors (Lipinski definition) is 3. The molecular formula is C19H28N4O. The van der Waals surface area contributed by atoms with Gasteiger partial charge in [0, 0.05) is 11.4 Å². The molecule has 0 spiro atoms. The highest BCUT2D eigenvalue weighted by Crippen LogP contribution is 2.61. The largest absolute Gasteiger partial charge is 0.283 e. The number of H-pyrrole nitrogens is 1. The molecule has 1 aromatic rings. The van der Waals surface area contributed by atoms with Crippen molar-refractivity contribution >= 4 is 11.6 Å². The van der Waals surface area contributed by atoms with Crippen LogP contribution in [-0.4, -0.2) is 21.8 Å². The zero-order valence-corrected chi connectivity index (χ0v) is 14.8. The number of rotatable bonds is 5. The molecule has 0 aliphatic heterocycles. The molecule has 0 saturated heterocycles. The van der Waals surface area contributed by atoms with E-state index in [1.807, 2.05) is 13.0 Å². The molecule has 130 valence electrons. The molecule has 0 unspecified atom stereocenters. The van der Waals surface area contributed by atoms with Crippen molar-refractivity contribution in [3.05, 3.63) is 17.5 Å². The van der Waals surface area contributed by atoms with E-state index in [2.05, 4.69) is 27.6 Å². The average molecular weight is 328 g/mol. The number of hydrogen-bond donors (Lipinski definition) is 2. The molecule has 1 amide bonds. The van der Waals surface area contributed by atoms with Gasteiger partial charge < -0.3 is 0 Å². The first kappa shape index (κ1) is 15.9. The highest BCUT2D eigenvalue weighted by molar-refractivity contribution is 5.85. The molecule has 4 aliphatic rings. The van der Waals surface area contributed by atoms with Crippen molar-refractivity contribution in [2.24, 2.45) is 28.3 Å². The Kier molecular flexibility index (Phi) is 3.97. The quantitative estimate of drug-likeness (QED) is 0.643. The standard InChI is InChI=1S/C19H28N4O/c1-12-3-17(22-20-12)7-18(24)23-21-13(2)8-19-9-14-4-15(10-19)6-16(5-14)11-19/h3,14-16H,4-11H2,1-2H3,(H,20,22)(H,23,24)/b21-13+. The summed E-state index contributed by atoms with van der Waals surface area (Å²) in [6.45, 7) is 4.00. The zero-order chi connectivity index (χ0) is 16.7. The molecule has 5 heteroatoms. The Morgan fingerprint density at radius 3 is 2.46 bits per heavy atom. The predicted molar refractivity (Wildman–Crippen MR) is 93.5 cm³/mol. The van der Waals surface area contributed by atoms with Crippen LogP contribution in [0.1, 0.15) is 63.3 Å². The minimum atomic E-state index is -0.0913. The Labute approximate surface area is 143 Å².